The molecule has 5 nitrogen and oxygen atoms in total. The molecule has 90 valence electrons. The van der Waals surface area contributed by atoms with Gasteiger partial charge in [0.25, 0.3) is 0 Å². The molecular weight excluding hydrogens is 206 g/mol. The lowest BCUT2D eigenvalue weighted by Gasteiger charge is -2.24. The monoisotopic (exact) mass is 225 g/mol. The third-order valence-electron chi connectivity index (χ3n) is 3.44. The van der Waals surface area contributed by atoms with Crippen molar-refractivity contribution in [1.29, 1.82) is 0 Å². The molecule has 1 saturated heterocycles. The van der Waals surface area contributed by atoms with Gasteiger partial charge in [-0.1, -0.05) is 0 Å². The van der Waals surface area contributed by atoms with E-state index in [1.54, 1.807) is 11.8 Å². The van der Waals surface area contributed by atoms with Crippen LogP contribution in [0.1, 0.15) is 26.2 Å². The zero-order valence-electron chi connectivity index (χ0n) is 9.74. The summed E-state index contributed by atoms with van der Waals surface area (Å²) in [6, 6.07) is 0. The van der Waals surface area contributed by atoms with E-state index in [0.717, 1.165) is 32.4 Å². The average Bonchev–Trinajstić information content (AvgIpc) is 3.00. The van der Waals surface area contributed by atoms with Gasteiger partial charge in [0.2, 0.25) is 11.8 Å². The summed E-state index contributed by atoms with van der Waals surface area (Å²) in [5, 5.41) is 0. The highest BCUT2D eigenvalue weighted by Gasteiger charge is 2.48. The molecule has 5 heteroatoms. The van der Waals surface area contributed by atoms with Gasteiger partial charge in [0.15, 0.2) is 0 Å². The van der Waals surface area contributed by atoms with E-state index < -0.39 is 5.54 Å². The summed E-state index contributed by atoms with van der Waals surface area (Å²) in [4.78, 5) is 26.9. The van der Waals surface area contributed by atoms with Crippen LogP contribution < -0.4 is 5.73 Å². The zero-order chi connectivity index (χ0) is 11.8. The quantitative estimate of drug-likeness (QED) is 0.658. The molecule has 1 saturated carbocycles. The Morgan fingerprint density at radius 1 is 1.06 bits per heavy atom. The molecule has 16 heavy (non-hydrogen) atoms. The van der Waals surface area contributed by atoms with Crippen molar-refractivity contribution in [3.05, 3.63) is 0 Å². The number of nitrogens with zero attached hydrogens (tertiary/aromatic N) is 2. The summed E-state index contributed by atoms with van der Waals surface area (Å²) in [6.45, 7) is 4.30. The Balaban J connectivity index is 1.93. The Labute approximate surface area is 95.6 Å². The summed E-state index contributed by atoms with van der Waals surface area (Å²) in [7, 11) is 0. The fourth-order valence-electron chi connectivity index (χ4n) is 2.10. The van der Waals surface area contributed by atoms with E-state index in [9.17, 15) is 9.59 Å². The molecular formula is C11H19N3O2. The fourth-order valence-corrected chi connectivity index (χ4v) is 2.10. The van der Waals surface area contributed by atoms with Crippen molar-refractivity contribution >= 4 is 11.8 Å². The molecule has 0 bridgehead atoms. The van der Waals surface area contributed by atoms with Crippen LogP contribution in [0.25, 0.3) is 0 Å². The number of rotatable bonds is 1. The molecule has 2 N–H and O–H groups in total. The Hall–Kier alpha value is -1.10. The maximum absolute atomic E-state index is 12.0. The first kappa shape index (κ1) is 11.4. The second-order valence-electron chi connectivity index (χ2n) is 4.81. The normalized spacial score (nSPS) is 23.9. The van der Waals surface area contributed by atoms with Gasteiger partial charge < -0.3 is 15.5 Å². The summed E-state index contributed by atoms with van der Waals surface area (Å²) in [5.41, 5.74) is 5.32. The maximum atomic E-state index is 12.0. The molecule has 0 aromatic rings. The Kier molecular flexibility index (Phi) is 2.88. The number of hydrogen-bond acceptors (Lipinski definition) is 3. The minimum Gasteiger partial charge on any atom is -0.341 e. The summed E-state index contributed by atoms with van der Waals surface area (Å²) >= 11 is 0. The number of carbonyl (C=O) groups excluding carboxylic acids is 2. The molecule has 0 aromatic heterocycles. The molecule has 2 amide bonds. The predicted octanol–water partition coefficient (Wildman–Crippen LogP) is -0.441. The van der Waals surface area contributed by atoms with Crippen molar-refractivity contribution in [2.75, 3.05) is 26.2 Å². The van der Waals surface area contributed by atoms with Crippen LogP contribution in [0, 0.1) is 0 Å². The molecule has 2 fully saturated rings. The molecule has 1 aliphatic carbocycles. The Bertz CT molecular complexity index is 312. The number of amides is 2. The van der Waals surface area contributed by atoms with Gasteiger partial charge in [0, 0.05) is 33.1 Å². The first-order chi connectivity index (χ1) is 7.53. The van der Waals surface area contributed by atoms with Gasteiger partial charge in [-0.05, 0) is 19.3 Å². The van der Waals surface area contributed by atoms with Gasteiger partial charge in [-0.2, -0.15) is 0 Å². The van der Waals surface area contributed by atoms with Crippen LogP contribution in [0.2, 0.25) is 0 Å². The standard InChI is InChI=1S/C11H19N3O2/c1-9(15)13-5-2-6-14(8-7-13)10(16)11(12)3-4-11/h2-8,12H2,1H3. The molecule has 0 unspecified atom stereocenters. The van der Waals surface area contributed by atoms with Gasteiger partial charge >= 0.3 is 0 Å². The fraction of sp³-hybridized carbons (Fsp3) is 0.818. The highest BCUT2D eigenvalue weighted by Crippen LogP contribution is 2.34. The van der Waals surface area contributed by atoms with Gasteiger partial charge in [-0.15, -0.1) is 0 Å². The molecule has 2 rings (SSSR count). The van der Waals surface area contributed by atoms with Gasteiger partial charge in [0.05, 0.1) is 5.54 Å². The summed E-state index contributed by atoms with van der Waals surface area (Å²) in [5.74, 6) is 0.154. The van der Waals surface area contributed by atoms with Crippen molar-refractivity contribution in [2.24, 2.45) is 5.73 Å². The van der Waals surface area contributed by atoms with Crippen LogP contribution in [-0.2, 0) is 9.59 Å². The molecule has 1 heterocycles. The molecule has 0 radical (unpaired) electrons. The second kappa shape index (κ2) is 4.05. The van der Waals surface area contributed by atoms with Gasteiger partial charge in [-0.3, -0.25) is 9.59 Å². The largest absolute Gasteiger partial charge is 0.341 e. The molecule has 0 aromatic carbocycles. The summed E-state index contributed by atoms with van der Waals surface area (Å²) < 4.78 is 0. The molecule has 0 spiro atoms. The van der Waals surface area contributed by atoms with Crippen LogP contribution in [0.4, 0.5) is 0 Å². The van der Waals surface area contributed by atoms with Crippen molar-refractivity contribution in [3.8, 4) is 0 Å². The average molecular weight is 225 g/mol. The van der Waals surface area contributed by atoms with Crippen LogP contribution in [0.3, 0.4) is 0 Å². The first-order valence-electron chi connectivity index (χ1n) is 5.87. The number of carbonyl (C=O) groups is 2. The van der Waals surface area contributed by atoms with E-state index in [2.05, 4.69) is 0 Å². The van der Waals surface area contributed by atoms with E-state index in [-0.39, 0.29) is 11.8 Å². The van der Waals surface area contributed by atoms with Crippen LogP contribution in [0.15, 0.2) is 0 Å². The highest BCUT2D eigenvalue weighted by atomic mass is 16.2. The minimum atomic E-state index is -0.578. The maximum Gasteiger partial charge on any atom is 0.242 e. The first-order valence-corrected chi connectivity index (χ1v) is 5.87. The third-order valence-corrected chi connectivity index (χ3v) is 3.44. The topological polar surface area (TPSA) is 66.6 Å². The van der Waals surface area contributed by atoms with Crippen LogP contribution in [0.5, 0.6) is 0 Å². The van der Waals surface area contributed by atoms with E-state index in [1.807, 2.05) is 4.90 Å². The number of nitrogens with two attached hydrogens (primary N) is 1. The second-order valence-corrected chi connectivity index (χ2v) is 4.81. The van der Waals surface area contributed by atoms with Crippen LogP contribution in [-0.4, -0.2) is 53.3 Å². The van der Waals surface area contributed by atoms with Crippen molar-refractivity contribution in [3.63, 3.8) is 0 Å². The lowest BCUT2D eigenvalue weighted by Crippen LogP contribution is -2.47. The minimum absolute atomic E-state index is 0.0675. The smallest absolute Gasteiger partial charge is 0.242 e. The Morgan fingerprint density at radius 3 is 2.19 bits per heavy atom. The van der Waals surface area contributed by atoms with Gasteiger partial charge in [-0.25, -0.2) is 0 Å². The van der Waals surface area contributed by atoms with Crippen LogP contribution >= 0.6 is 0 Å². The Morgan fingerprint density at radius 2 is 1.62 bits per heavy atom. The molecule has 1 aliphatic heterocycles. The van der Waals surface area contributed by atoms with E-state index in [0.29, 0.717) is 13.1 Å². The van der Waals surface area contributed by atoms with Crippen molar-refractivity contribution in [2.45, 2.75) is 31.7 Å². The van der Waals surface area contributed by atoms with E-state index >= 15 is 0 Å². The lowest BCUT2D eigenvalue weighted by molar-refractivity contribution is -0.134. The predicted molar refractivity (Wildman–Crippen MR) is 59.6 cm³/mol. The SMILES string of the molecule is CC(=O)N1CCCN(C(=O)C2(N)CC2)CC1. The lowest BCUT2D eigenvalue weighted by atomic mass is 10.2. The van der Waals surface area contributed by atoms with E-state index in [1.165, 1.54) is 0 Å². The van der Waals surface area contributed by atoms with Crippen molar-refractivity contribution < 1.29 is 9.59 Å². The zero-order valence-corrected chi connectivity index (χ0v) is 9.74. The molecule has 2 aliphatic rings. The van der Waals surface area contributed by atoms with E-state index in [4.69, 9.17) is 5.73 Å². The molecule has 0 atom stereocenters. The highest BCUT2D eigenvalue weighted by molar-refractivity contribution is 5.89. The summed E-state index contributed by atoms with van der Waals surface area (Å²) in [6.07, 6.45) is 2.46. The van der Waals surface area contributed by atoms with Crippen molar-refractivity contribution in [1.82, 2.24) is 9.80 Å². The number of hydrogen-bond donors (Lipinski definition) is 1. The van der Waals surface area contributed by atoms with Gasteiger partial charge in [0.1, 0.15) is 0 Å². The third kappa shape index (κ3) is 2.19.